The average molecular weight is 241 g/mol. The first-order valence-corrected chi connectivity index (χ1v) is 5.17. The van der Waals surface area contributed by atoms with E-state index in [9.17, 15) is 4.39 Å². The molecule has 0 heterocycles. The van der Waals surface area contributed by atoms with Crippen molar-refractivity contribution in [1.82, 2.24) is 5.32 Å². The van der Waals surface area contributed by atoms with Crippen LogP contribution in [-0.4, -0.2) is 12.6 Å². The van der Waals surface area contributed by atoms with Crippen molar-refractivity contribution in [1.29, 1.82) is 5.26 Å². The van der Waals surface area contributed by atoms with Crippen molar-refractivity contribution in [3.63, 3.8) is 0 Å². The second kappa shape index (κ2) is 5.83. The molecule has 1 N–H and O–H groups in total. The predicted octanol–water partition coefficient (Wildman–Crippen LogP) is 2.22. The fourth-order valence-electron chi connectivity index (χ4n) is 2.06. The summed E-state index contributed by atoms with van der Waals surface area (Å²) in [4.78, 5) is 0. The Hall–Kier alpha value is -1.11. The highest BCUT2D eigenvalue weighted by molar-refractivity contribution is 5.85. The second-order valence-electron chi connectivity index (χ2n) is 3.88. The zero-order chi connectivity index (χ0) is 10.7. The Balaban J connectivity index is 0.00000128. The third-order valence-corrected chi connectivity index (χ3v) is 2.77. The van der Waals surface area contributed by atoms with E-state index >= 15 is 0 Å². The number of fused-ring (bicyclic) bond motifs is 1. The number of nitriles is 1. The van der Waals surface area contributed by atoms with Crippen LogP contribution in [0.3, 0.4) is 0 Å². The molecule has 2 rings (SSSR count). The molecule has 1 unspecified atom stereocenters. The molecule has 1 atom stereocenters. The summed E-state index contributed by atoms with van der Waals surface area (Å²) in [5.41, 5.74) is 2.33. The lowest BCUT2D eigenvalue weighted by Gasteiger charge is -2.09. The molecule has 1 aliphatic carbocycles. The van der Waals surface area contributed by atoms with Crippen LogP contribution in [0.5, 0.6) is 0 Å². The Labute approximate surface area is 101 Å². The lowest BCUT2D eigenvalue weighted by atomic mass is 10.1. The summed E-state index contributed by atoms with van der Waals surface area (Å²) in [5.74, 6) is -0.161. The Bertz CT molecular complexity index is 400. The van der Waals surface area contributed by atoms with Crippen molar-refractivity contribution in [3.05, 3.63) is 35.1 Å². The van der Waals surface area contributed by atoms with Crippen molar-refractivity contribution >= 4 is 12.4 Å². The lowest BCUT2D eigenvalue weighted by Crippen LogP contribution is -2.30. The summed E-state index contributed by atoms with van der Waals surface area (Å²) >= 11 is 0. The standard InChI is InChI=1S/C12H13FN2.ClH/c13-11-3-2-9-7-12(8-10(9)6-11)15-5-1-4-14;/h2-3,6,12,15H,1,5,7-8H2;1H. The van der Waals surface area contributed by atoms with Gasteiger partial charge in [0.15, 0.2) is 0 Å². The number of nitrogens with one attached hydrogen (secondary N) is 1. The molecule has 4 heteroatoms. The number of hydrogen-bond acceptors (Lipinski definition) is 2. The molecule has 0 bridgehead atoms. The van der Waals surface area contributed by atoms with E-state index in [4.69, 9.17) is 5.26 Å². The highest BCUT2D eigenvalue weighted by Gasteiger charge is 2.20. The van der Waals surface area contributed by atoms with E-state index in [1.165, 1.54) is 11.6 Å². The molecule has 0 fully saturated rings. The maximum atomic E-state index is 12.9. The van der Waals surface area contributed by atoms with Crippen LogP contribution in [0.4, 0.5) is 4.39 Å². The van der Waals surface area contributed by atoms with Crippen LogP contribution in [0.25, 0.3) is 0 Å². The third kappa shape index (κ3) is 2.94. The molecule has 86 valence electrons. The molecule has 0 saturated carbocycles. The molecule has 1 aromatic rings. The van der Waals surface area contributed by atoms with Crippen LogP contribution >= 0.6 is 12.4 Å². The summed E-state index contributed by atoms with van der Waals surface area (Å²) in [6.07, 6.45) is 2.35. The Morgan fingerprint density at radius 1 is 1.38 bits per heavy atom. The Morgan fingerprint density at radius 2 is 2.12 bits per heavy atom. The van der Waals surface area contributed by atoms with Crippen molar-refractivity contribution in [2.45, 2.75) is 25.3 Å². The van der Waals surface area contributed by atoms with Gasteiger partial charge >= 0.3 is 0 Å². The van der Waals surface area contributed by atoms with Gasteiger partial charge in [-0.25, -0.2) is 4.39 Å². The van der Waals surface area contributed by atoms with Crippen LogP contribution in [0.15, 0.2) is 18.2 Å². The van der Waals surface area contributed by atoms with E-state index in [1.807, 2.05) is 6.07 Å². The molecule has 2 nitrogen and oxygen atoms in total. The molecule has 1 aromatic carbocycles. The maximum absolute atomic E-state index is 12.9. The molecule has 16 heavy (non-hydrogen) atoms. The largest absolute Gasteiger partial charge is 0.312 e. The van der Waals surface area contributed by atoms with Crippen molar-refractivity contribution in [2.75, 3.05) is 6.54 Å². The molecule has 1 aliphatic rings. The van der Waals surface area contributed by atoms with Gasteiger partial charge in [-0.3, -0.25) is 0 Å². The summed E-state index contributed by atoms with van der Waals surface area (Å²) in [6, 6.07) is 7.45. The van der Waals surface area contributed by atoms with Gasteiger partial charge in [0.2, 0.25) is 0 Å². The van der Waals surface area contributed by atoms with Crippen LogP contribution in [0, 0.1) is 17.1 Å². The zero-order valence-corrected chi connectivity index (χ0v) is 9.69. The quantitative estimate of drug-likeness (QED) is 0.823. The highest BCUT2D eigenvalue weighted by Crippen LogP contribution is 2.22. The highest BCUT2D eigenvalue weighted by atomic mass is 35.5. The first kappa shape index (κ1) is 13.0. The zero-order valence-electron chi connectivity index (χ0n) is 8.87. The van der Waals surface area contributed by atoms with Crippen LogP contribution in [-0.2, 0) is 12.8 Å². The predicted molar refractivity (Wildman–Crippen MR) is 63.1 cm³/mol. The third-order valence-electron chi connectivity index (χ3n) is 2.77. The van der Waals surface area contributed by atoms with E-state index in [2.05, 4.69) is 11.4 Å². The smallest absolute Gasteiger partial charge is 0.123 e. The Kier molecular flexibility index (Phi) is 4.72. The topological polar surface area (TPSA) is 35.8 Å². The number of benzene rings is 1. The Morgan fingerprint density at radius 3 is 2.88 bits per heavy atom. The molecule has 0 amide bonds. The normalized spacial score (nSPS) is 17.4. The van der Waals surface area contributed by atoms with Gasteiger partial charge in [0.1, 0.15) is 5.82 Å². The molecule has 0 aliphatic heterocycles. The number of hydrogen-bond donors (Lipinski definition) is 1. The van der Waals surface area contributed by atoms with Gasteiger partial charge in [-0.15, -0.1) is 12.4 Å². The van der Waals surface area contributed by atoms with Gasteiger partial charge in [-0.1, -0.05) is 6.07 Å². The SMILES string of the molecule is Cl.N#CCCNC1Cc2ccc(F)cc2C1. The van der Waals surface area contributed by atoms with Crippen molar-refractivity contribution < 1.29 is 4.39 Å². The molecular formula is C12H14ClFN2. The summed E-state index contributed by atoms with van der Waals surface area (Å²) in [5, 5.41) is 11.7. The van der Waals surface area contributed by atoms with E-state index in [1.54, 1.807) is 6.07 Å². The molecule has 0 saturated heterocycles. The average Bonchev–Trinajstić information content (AvgIpc) is 2.60. The van der Waals surface area contributed by atoms with Crippen molar-refractivity contribution in [3.8, 4) is 6.07 Å². The van der Waals surface area contributed by atoms with E-state index in [-0.39, 0.29) is 18.2 Å². The van der Waals surface area contributed by atoms with Gasteiger partial charge in [0, 0.05) is 19.0 Å². The van der Waals surface area contributed by atoms with Crippen LogP contribution < -0.4 is 5.32 Å². The molecule has 0 aromatic heterocycles. The first-order chi connectivity index (χ1) is 7.29. The van der Waals surface area contributed by atoms with E-state index in [0.29, 0.717) is 12.5 Å². The van der Waals surface area contributed by atoms with Gasteiger partial charge in [0.25, 0.3) is 0 Å². The van der Waals surface area contributed by atoms with Gasteiger partial charge in [-0.2, -0.15) is 5.26 Å². The van der Waals surface area contributed by atoms with Crippen LogP contribution in [0.1, 0.15) is 17.5 Å². The minimum Gasteiger partial charge on any atom is -0.312 e. The minimum absolute atomic E-state index is 0. The number of rotatable bonds is 3. The first-order valence-electron chi connectivity index (χ1n) is 5.17. The monoisotopic (exact) mass is 240 g/mol. The lowest BCUT2D eigenvalue weighted by molar-refractivity contribution is 0.540. The molecule has 0 spiro atoms. The fourth-order valence-corrected chi connectivity index (χ4v) is 2.06. The minimum atomic E-state index is -0.161. The van der Waals surface area contributed by atoms with E-state index < -0.39 is 0 Å². The van der Waals surface area contributed by atoms with Gasteiger partial charge in [0.05, 0.1) is 6.07 Å². The summed E-state index contributed by atoms with van der Waals surface area (Å²) in [7, 11) is 0. The molecule has 0 radical (unpaired) electrons. The number of nitrogens with zero attached hydrogens (tertiary/aromatic N) is 1. The second-order valence-corrected chi connectivity index (χ2v) is 3.88. The van der Waals surface area contributed by atoms with Crippen molar-refractivity contribution in [2.24, 2.45) is 0 Å². The number of halogens is 2. The fraction of sp³-hybridized carbons (Fsp3) is 0.417. The molecular weight excluding hydrogens is 227 g/mol. The summed E-state index contributed by atoms with van der Waals surface area (Å²) in [6.45, 7) is 0.720. The maximum Gasteiger partial charge on any atom is 0.123 e. The van der Waals surface area contributed by atoms with E-state index in [0.717, 1.165) is 24.9 Å². The van der Waals surface area contributed by atoms with Crippen LogP contribution in [0.2, 0.25) is 0 Å². The van der Waals surface area contributed by atoms with Gasteiger partial charge in [-0.05, 0) is 36.1 Å². The summed E-state index contributed by atoms with van der Waals surface area (Å²) < 4.78 is 12.9. The van der Waals surface area contributed by atoms with Gasteiger partial charge < -0.3 is 5.32 Å².